The van der Waals surface area contributed by atoms with Gasteiger partial charge in [-0.15, -0.1) is 11.8 Å². The van der Waals surface area contributed by atoms with Crippen LogP contribution in [0.1, 0.15) is 18.9 Å². The van der Waals surface area contributed by atoms with Crippen molar-refractivity contribution in [3.63, 3.8) is 0 Å². The topological polar surface area (TPSA) is 84.5 Å². The number of likely N-dealkylation sites (N-methyl/N-ethyl adjacent to an activating group) is 1. The van der Waals surface area contributed by atoms with E-state index in [4.69, 9.17) is 4.74 Å². The molecule has 1 rings (SSSR count). The number of hydrogen-bond donors (Lipinski definition) is 2. The molecule has 0 fully saturated rings. The second kappa shape index (κ2) is 10.7. The number of carbonyl (C=O) groups excluding carboxylic acids is 3. The summed E-state index contributed by atoms with van der Waals surface area (Å²) in [6, 6.07) is 8.03. The molecule has 6 nitrogen and oxygen atoms in total. The minimum Gasteiger partial charge on any atom is -0.456 e. The predicted octanol–water partition coefficient (Wildman–Crippen LogP) is 1.27. The third kappa shape index (κ3) is 8.87. The third-order valence-corrected chi connectivity index (χ3v) is 3.79. The largest absolute Gasteiger partial charge is 0.456 e. The maximum atomic E-state index is 11.5. The Balaban J connectivity index is 2.12. The number of esters is 1. The van der Waals surface area contributed by atoms with Crippen molar-refractivity contribution in [2.24, 2.45) is 0 Å². The van der Waals surface area contributed by atoms with E-state index in [1.807, 2.05) is 31.2 Å². The fourth-order valence-corrected chi connectivity index (χ4v) is 2.43. The summed E-state index contributed by atoms with van der Waals surface area (Å²) in [4.78, 5) is 35.2. The number of thioether (sulfide) groups is 1. The van der Waals surface area contributed by atoms with Crippen LogP contribution in [0, 0.1) is 6.92 Å². The molecule has 1 aromatic carbocycles. The molecule has 2 N–H and O–H groups in total. The van der Waals surface area contributed by atoms with E-state index in [0.717, 1.165) is 4.90 Å². The van der Waals surface area contributed by atoms with Crippen LogP contribution < -0.4 is 10.6 Å². The first-order chi connectivity index (χ1) is 11.0. The standard InChI is InChI=1S/C16H22N2O4S/c1-3-17-14(19)10-18-15(20)11-22-16(21)8-9-23-13-6-4-12(2)5-7-13/h4-7H,3,8-11H2,1-2H3,(H,17,19)(H,18,20). The van der Waals surface area contributed by atoms with E-state index in [2.05, 4.69) is 10.6 Å². The van der Waals surface area contributed by atoms with Crippen LogP contribution in [0.15, 0.2) is 29.2 Å². The van der Waals surface area contributed by atoms with Crippen LogP contribution in [0.3, 0.4) is 0 Å². The van der Waals surface area contributed by atoms with Crippen LogP contribution in [0.4, 0.5) is 0 Å². The van der Waals surface area contributed by atoms with Gasteiger partial charge in [0, 0.05) is 17.2 Å². The molecule has 0 heterocycles. The average molecular weight is 338 g/mol. The predicted molar refractivity (Wildman–Crippen MR) is 89.2 cm³/mol. The first-order valence-corrected chi connectivity index (χ1v) is 8.38. The first kappa shape index (κ1) is 19.0. The number of amides is 2. The second-order valence-electron chi connectivity index (χ2n) is 4.80. The highest BCUT2D eigenvalue weighted by molar-refractivity contribution is 7.99. The number of benzene rings is 1. The van der Waals surface area contributed by atoms with Gasteiger partial charge in [0.15, 0.2) is 6.61 Å². The highest BCUT2D eigenvalue weighted by Crippen LogP contribution is 2.19. The van der Waals surface area contributed by atoms with Crippen molar-refractivity contribution in [2.45, 2.75) is 25.2 Å². The van der Waals surface area contributed by atoms with Crippen LogP contribution in [-0.4, -0.2) is 43.2 Å². The van der Waals surface area contributed by atoms with Crippen molar-refractivity contribution in [2.75, 3.05) is 25.4 Å². The summed E-state index contributed by atoms with van der Waals surface area (Å²) >= 11 is 1.56. The third-order valence-electron chi connectivity index (χ3n) is 2.78. The molecule has 0 spiro atoms. The quantitative estimate of drug-likeness (QED) is 0.523. The zero-order valence-corrected chi connectivity index (χ0v) is 14.2. The maximum Gasteiger partial charge on any atom is 0.307 e. The van der Waals surface area contributed by atoms with Gasteiger partial charge in [-0.05, 0) is 26.0 Å². The molecule has 0 aliphatic rings. The molecule has 0 bridgehead atoms. The van der Waals surface area contributed by atoms with Gasteiger partial charge < -0.3 is 15.4 Å². The molecule has 1 aromatic rings. The summed E-state index contributed by atoms with van der Waals surface area (Å²) in [5.74, 6) is -0.613. The molecule has 0 saturated heterocycles. The summed E-state index contributed by atoms with van der Waals surface area (Å²) in [5.41, 5.74) is 1.19. The Bertz CT molecular complexity index is 531. The van der Waals surface area contributed by atoms with Gasteiger partial charge in [-0.1, -0.05) is 17.7 Å². The molecule has 0 atom stereocenters. The minimum absolute atomic E-state index is 0.118. The lowest BCUT2D eigenvalue weighted by Gasteiger charge is -2.06. The summed E-state index contributed by atoms with van der Waals surface area (Å²) < 4.78 is 4.86. The number of nitrogens with one attached hydrogen (secondary N) is 2. The Morgan fingerprint density at radius 1 is 1.09 bits per heavy atom. The van der Waals surface area contributed by atoms with Gasteiger partial charge in [0.2, 0.25) is 5.91 Å². The van der Waals surface area contributed by atoms with Gasteiger partial charge in [-0.25, -0.2) is 0 Å². The fraction of sp³-hybridized carbons (Fsp3) is 0.438. The second-order valence-corrected chi connectivity index (χ2v) is 5.97. The van der Waals surface area contributed by atoms with Crippen molar-refractivity contribution < 1.29 is 19.1 Å². The first-order valence-electron chi connectivity index (χ1n) is 7.39. The summed E-state index contributed by atoms with van der Waals surface area (Å²) in [5, 5.41) is 4.92. The van der Waals surface area contributed by atoms with Crippen molar-refractivity contribution >= 4 is 29.5 Å². The number of carbonyl (C=O) groups is 3. The fourth-order valence-electron chi connectivity index (χ4n) is 1.59. The summed E-state index contributed by atoms with van der Waals surface area (Å²) in [6.07, 6.45) is 0.224. The summed E-state index contributed by atoms with van der Waals surface area (Å²) in [6.45, 7) is 3.82. The van der Waals surface area contributed by atoms with Crippen LogP contribution >= 0.6 is 11.8 Å². The highest BCUT2D eigenvalue weighted by Gasteiger charge is 2.09. The zero-order chi connectivity index (χ0) is 17.1. The van der Waals surface area contributed by atoms with E-state index in [-0.39, 0.29) is 25.5 Å². The Morgan fingerprint density at radius 2 is 1.78 bits per heavy atom. The van der Waals surface area contributed by atoms with Crippen molar-refractivity contribution in [3.8, 4) is 0 Å². The molecule has 126 valence electrons. The lowest BCUT2D eigenvalue weighted by molar-refractivity contribution is -0.148. The van der Waals surface area contributed by atoms with E-state index >= 15 is 0 Å². The van der Waals surface area contributed by atoms with E-state index < -0.39 is 11.9 Å². The van der Waals surface area contributed by atoms with E-state index in [1.165, 1.54) is 5.56 Å². The molecular weight excluding hydrogens is 316 g/mol. The molecule has 0 saturated carbocycles. The highest BCUT2D eigenvalue weighted by atomic mass is 32.2. The maximum absolute atomic E-state index is 11.5. The number of ether oxygens (including phenoxy) is 1. The molecule has 2 amide bonds. The molecule has 0 aliphatic carbocycles. The molecular formula is C16H22N2O4S. The van der Waals surface area contributed by atoms with Gasteiger partial charge in [-0.3, -0.25) is 14.4 Å². The normalized spacial score (nSPS) is 10.0. The lowest BCUT2D eigenvalue weighted by atomic mass is 10.2. The molecule has 0 radical (unpaired) electrons. The Morgan fingerprint density at radius 3 is 2.43 bits per heavy atom. The smallest absolute Gasteiger partial charge is 0.307 e. The number of hydrogen-bond acceptors (Lipinski definition) is 5. The van der Waals surface area contributed by atoms with Crippen molar-refractivity contribution in [1.82, 2.24) is 10.6 Å². The molecule has 0 unspecified atom stereocenters. The Kier molecular flexibility index (Phi) is 8.82. The zero-order valence-electron chi connectivity index (χ0n) is 13.4. The molecule has 0 aromatic heterocycles. The van der Waals surface area contributed by atoms with E-state index in [9.17, 15) is 14.4 Å². The van der Waals surface area contributed by atoms with Crippen LogP contribution in [-0.2, 0) is 19.1 Å². The van der Waals surface area contributed by atoms with Gasteiger partial charge in [0.05, 0.1) is 13.0 Å². The average Bonchev–Trinajstić information content (AvgIpc) is 2.53. The van der Waals surface area contributed by atoms with E-state index in [1.54, 1.807) is 18.7 Å². The minimum atomic E-state index is -0.490. The van der Waals surface area contributed by atoms with E-state index in [0.29, 0.717) is 12.3 Å². The molecule has 23 heavy (non-hydrogen) atoms. The molecule has 7 heteroatoms. The van der Waals surface area contributed by atoms with Gasteiger partial charge in [-0.2, -0.15) is 0 Å². The van der Waals surface area contributed by atoms with Gasteiger partial charge in [0.1, 0.15) is 0 Å². The number of aryl methyl sites for hydroxylation is 1. The SMILES string of the molecule is CCNC(=O)CNC(=O)COC(=O)CCSc1ccc(C)cc1. The number of rotatable bonds is 9. The lowest BCUT2D eigenvalue weighted by Crippen LogP contribution is -2.38. The monoisotopic (exact) mass is 338 g/mol. The molecule has 0 aliphatic heterocycles. The van der Waals surface area contributed by atoms with Crippen molar-refractivity contribution in [1.29, 1.82) is 0 Å². The van der Waals surface area contributed by atoms with Gasteiger partial charge >= 0.3 is 5.97 Å². The van der Waals surface area contributed by atoms with Crippen molar-refractivity contribution in [3.05, 3.63) is 29.8 Å². The van der Waals surface area contributed by atoms with Crippen LogP contribution in [0.2, 0.25) is 0 Å². The Hall–Kier alpha value is -2.02. The summed E-state index contributed by atoms with van der Waals surface area (Å²) in [7, 11) is 0. The van der Waals surface area contributed by atoms with Crippen LogP contribution in [0.25, 0.3) is 0 Å². The Labute approximate surface area is 140 Å². The van der Waals surface area contributed by atoms with Crippen LogP contribution in [0.5, 0.6) is 0 Å². The van der Waals surface area contributed by atoms with Gasteiger partial charge in [0.25, 0.3) is 5.91 Å².